The number of halogens is 2. The molecule has 1 aliphatic heterocycles. The van der Waals surface area contributed by atoms with Crippen molar-refractivity contribution in [3.8, 4) is 11.4 Å². The van der Waals surface area contributed by atoms with Crippen LogP contribution < -0.4 is 5.32 Å². The Morgan fingerprint density at radius 3 is 2.74 bits per heavy atom. The Hall–Kier alpha value is -3.13. The Balaban J connectivity index is 1.31. The second-order valence-corrected chi connectivity index (χ2v) is 8.84. The number of aromatic nitrogens is 4. The van der Waals surface area contributed by atoms with Crippen LogP contribution in [0, 0.1) is 17.2 Å². The van der Waals surface area contributed by atoms with Crippen molar-refractivity contribution in [1.82, 2.24) is 24.8 Å². The van der Waals surface area contributed by atoms with Gasteiger partial charge in [-0.3, -0.25) is 4.79 Å². The zero-order valence-corrected chi connectivity index (χ0v) is 17.1. The van der Waals surface area contributed by atoms with E-state index in [0.717, 1.165) is 12.8 Å². The third-order valence-electron chi connectivity index (χ3n) is 6.85. The van der Waals surface area contributed by atoms with Gasteiger partial charge in [0, 0.05) is 25.0 Å². The lowest BCUT2D eigenvalue weighted by atomic mass is 9.71. The van der Waals surface area contributed by atoms with E-state index in [4.69, 9.17) is 11.6 Å². The van der Waals surface area contributed by atoms with E-state index in [1.54, 1.807) is 36.8 Å². The van der Waals surface area contributed by atoms with Gasteiger partial charge in [0.2, 0.25) is 0 Å². The molecule has 4 atom stereocenters. The van der Waals surface area contributed by atoms with E-state index >= 15 is 0 Å². The Bertz CT molecular complexity index is 1180. The molecular formula is C22H18ClFN6O. The SMILES string of the molecule is O=C(c1cccc(F)c1-c1ncccn1)N1CC2CC23CC(Nc2cnc(Cl)cn2)C13. The number of rotatable bonds is 4. The smallest absolute Gasteiger partial charge is 0.255 e. The highest BCUT2D eigenvalue weighted by Crippen LogP contribution is 2.71. The zero-order chi connectivity index (χ0) is 21.2. The number of anilines is 1. The molecule has 1 spiro atoms. The number of nitrogens with zero attached hydrogens (tertiary/aromatic N) is 5. The molecule has 3 aliphatic rings. The van der Waals surface area contributed by atoms with E-state index < -0.39 is 5.82 Å². The summed E-state index contributed by atoms with van der Waals surface area (Å²) in [5, 5.41) is 3.73. The summed E-state index contributed by atoms with van der Waals surface area (Å²) in [6.45, 7) is 0.680. The summed E-state index contributed by atoms with van der Waals surface area (Å²) >= 11 is 5.83. The first kappa shape index (κ1) is 18.6. The molecule has 2 saturated carbocycles. The van der Waals surface area contributed by atoms with Gasteiger partial charge in [-0.2, -0.15) is 0 Å². The number of likely N-dealkylation sites (tertiary alicyclic amines) is 1. The predicted octanol–water partition coefficient (Wildman–Crippen LogP) is 3.44. The van der Waals surface area contributed by atoms with Crippen LogP contribution in [0.1, 0.15) is 23.2 Å². The number of hydrogen-bond donors (Lipinski definition) is 1. The maximum absolute atomic E-state index is 14.8. The lowest BCUT2D eigenvalue weighted by Gasteiger charge is -2.48. The van der Waals surface area contributed by atoms with Gasteiger partial charge < -0.3 is 10.2 Å². The molecule has 7 nitrogen and oxygen atoms in total. The van der Waals surface area contributed by atoms with Crippen molar-refractivity contribution in [3.63, 3.8) is 0 Å². The highest BCUT2D eigenvalue weighted by molar-refractivity contribution is 6.29. The Morgan fingerprint density at radius 2 is 1.97 bits per heavy atom. The monoisotopic (exact) mass is 436 g/mol. The number of piperidine rings is 1. The van der Waals surface area contributed by atoms with Crippen LogP contribution in [0.15, 0.2) is 49.1 Å². The van der Waals surface area contributed by atoms with Gasteiger partial charge in [-0.25, -0.2) is 24.3 Å². The molecule has 3 aromatic rings. The summed E-state index contributed by atoms with van der Waals surface area (Å²) in [4.78, 5) is 32.2. The summed E-state index contributed by atoms with van der Waals surface area (Å²) in [6, 6.07) is 6.31. The number of carbonyl (C=O) groups excluding carboxylic acids is 1. The van der Waals surface area contributed by atoms with Gasteiger partial charge in [0.1, 0.15) is 16.8 Å². The highest BCUT2D eigenvalue weighted by atomic mass is 35.5. The summed E-state index contributed by atoms with van der Waals surface area (Å²) in [6.07, 6.45) is 8.28. The number of benzene rings is 1. The van der Waals surface area contributed by atoms with Crippen LogP contribution in [-0.4, -0.2) is 49.4 Å². The number of nitrogens with one attached hydrogen (secondary N) is 1. The van der Waals surface area contributed by atoms with Crippen molar-refractivity contribution >= 4 is 23.3 Å². The molecule has 6 rings (SSSR count). The van der Waals surface area contributed by atoms with Crippen molar-refractivity contribution in [2.45, 2.75) is 24.9 Å². The molecule has 0 bridgehead atoms. The van der Waals surface area contributed by atoms with Gasteiger partial charge in [0.05, 0.1) is 29.6 Å². The van der Waals surface area contributed by atoms with Gasteiger partial charge in [-0.05, 0) is 42.4 Å². The lowest BCUT2D eigenvalue weighted by Crippen LogP contribution is -2.60. The molecule has 1 amide bonds. The van der Waals surface area contributed by atoms with E-state index in [1.807, 2.05) is 4.90 Å². The van der Waals surface area contributed by atoms with Gasteiger partial charge in [0.25, 0.3) is 5.91 Å². The Kier molecular flexibility index (Phi) is 4.02. The number of amides is 1. The van der Waals surface area contributed by atoms with E-state index in [-0.39, 0.29) is 34.8 Å². The lowest BCUT2D eigenvalue weighted by molar-refractivity contribution is 0.0472. The highest BCUT2D eigenvalue weighted by Gasteiger charge is 2.75. The molecule has 9 heteroatoms. The van der Waals surface area contributed by atoms with Crippen LogP contribution in [0.3, 0.4) is 0 Å². The molecule has 4 unspecified atom stereocenters. The van der Waals surface area contributed by atoms with Crippen LogP contribution in [-0.2, 0) is 0 Å². The van der Waals surface area contributed by atoms with Crippen molar-refractivity contribution in [3.05, 3.63) is 65.6 Å². The number of hydrogen-bond acceptors (Lipinski definition) is 6. The van der Waals surface area contributed by atoms with E-state index in [0.29, 0.717) is 29.0 Å². The van der Waals surface area contributed by atoms with Crippen molar-refractivity contribution in [1.29, 1.82) is 0 Å². The molecule has 1 aromatic carbocycles. The summed E-state index contributed by atoms with van der Waals surface area (Å²) in [5.41, 5.74) is 0.610. The van der Waals surface area contributed by atoms with E-state index in [9.17, 15) is 9.18 Å². The van der Waals surface area contributed by atoms with Gasteiger partial charge in [-0.1, -0.05) is 17.7 Å². The fourth-order valence-corrected chi connectivity index (χ4v) is 5.55. The second-order valence-electron chi connectivity index (χ2n) is 8.45. The van der Waals surface area contributed by atoms with E-state index in [2.05, 4.69) is 25.3 Å². The van der Waals surface area contributed by atoms with Gasteiger partial charge in [0.15, 0.2) is 5.82 Å². The van der Waals surface area contributed by atoms with Crippen LogP contribution in [0.2, 0.25) is 5.15 Å². The molecule has 3 fully saturated rings. The molecular weight excluding hydrogens is 419 g/mol. The summed E-state index contributed by atoms with van der Waals surface area (Å²) in [7, 11) is 0. The fourth-order valence-electron chi connectivity index (χ4n) is 5.45. The van der Waals surface area contributed by atoms with Crippen LogP contribution in [0.5, 0.6) is 0 Å². The molecule has 1 saturated heterocycles. The molecule has 1 N–H and O–H groups in total. The maximum Gasteiger partial charge on any atom is 0.255 e. The average molecular weight is 437 g/mol. The van der Waals surface area contributed by atoms with Crippen LogP contribution in [0.4, 0.5) is 10.2 Å². The van der Waals surface area contributed by atoms with Crippen LogP contribution in [0.25, 0.3) is 11.4 Å². The zero-order valence-electron chi connectivity index (χ0n) is 16.4. The normalized spacial score (nSPS) is 27.8. The minimum Gasteiger partial charge on any atom is -0.364 e. The second kappa shape index (κ2) is 6.68. The first-order valence-corrected chi connectivity index (χ1v) is 10.6. The number of carbonyl (C=O) groups is 1. The molecule has 3 heterocycles. The minimum atomic E-state index is -0.504. The summed E-state index contributed by atoms with van der Waals surface area (Å²) in [5.74, 6) is 0.650. The fraction of sp³-hybridized carbons (Fsp3) is 0.318. The maximum atomic E-state index is 14.8. The molecule has 156 valence electrons. The van der Waals surface area contributed by atoms with E-state index in [1.165, 1.54) is 12.3 Å². The van der Waals surface area contributed by atoms with Crippen molar-refractivity contribution in [2.24, 2.45) is 11.3 Å². The Labute approximate surface area is 182 Å². The third-order valence-corrected chi connectivity index (χ3v) is 7.05. The Morgan fingerprint density at radius 1 is 1.13 bits per heavy atom. The first-order valence-electron chi connectivity index (χ1n) is 10.2. The van der Waals surface area contributed by atoms with Gasteiger partial charge in [-0.15, -0.1) is 0 Å². The standard InChI is InChI=1S/C22H18ClFN6O/c23-16-9-28-17(10-27-16)29-15-8-22-7-12(22)11-30(19(15)22)21(31)13-3-1-4-14(24)18(13)20-25-5-2-6-26-20/h1-6,9-10,12,15,19H,7-8,11H2,(H,28,29). The molecule has 2 aliphatic carbocycles. The van der Waals surface area contributed by atoms with Crippen LogP contribution >= 0.6 is 11.6 Å². The third kappa shape index (κ3) is 2.81. The molecule has 0 radical (unpaired) electrons. The molecule has 31 heavy (non-hydrogen) atoms. The predicted molar refractivity (Wildman–Crippen MR) is 112 cm³/mol. The van der Waals surface area contributed by atoms with Crippen molar-refractivity contribution < 1.29 is 9.18 Å². The topological polar surface area (TPSA) is 83.9 Å². The first-order chi connectivity index (χ1) is 15.1. The quantitative estimate of drug-likeness (QED) is 0.674. The largest absolute Gasteiger partial charge is 0.364 e. The van der Waals surface area contributed by atoms with Crippen molar-refractivity contribution in [2.75, 3.05) is 11.9 Å². The minimum absolute atomic E-state index is 0.0373. The van der Waals surface area contributed by atoms with Gasteiger partial charge >= 0.3 is 0 Å². The summed E-state index contributed by atoms with van der Waals surface area (Å²) < 4.78 is 14.8. The average Bonchev–Trinajstić information content (AvgIpc) is 3.43. The molecule has 2 aromatic heterocycles.